The van der Waals surface area contributed by atoms with E-state index in [0.717, 1.165) is 42.3 Å². The van der Waals surface area contributed by atoms with Gasteiger partial charge in [0, 0.05) is 32.7 Å². The molecule has 2 aliphatic rings. The van der Waals surface area contributed by atoms with Crippen LogP contribution >= 0.6 is 0 Å². The molecule has 8 heteroatoms. The van der Waals surface area contributed by atoms with Crippen molar-refractivity contribution in [1.82, 2.24) is 10.2 Å². The van der Waals surface area contributed by atoms with Gasteiger partial charge in [-0.3, -0.25) is 4.79 Å². The van der Waals surface area contributed by atoms with Crippen molar-refractivity contribution >= 4 is 11.6 Å². The number of para-hydroxylation sites is 2. The highest BCUT2D eigenvalue weighted by atomic mass is 19.4. The lowest BCUT2D eigenvalue weighted by Gasteiger charge is -2.37. The Hall–Kier alpha value is -1.96. The Labute approximate surface area is 144 Å². The average Bonchev–Trinajstić information content (AvgIpc) is 2.62. The van der Waals surface area contributed by atoms with E-state index < -0.39 is 12.1 Å². The van der Waals surface area contributed by atoms with Crippen LogP contribution in [0.3, 0.4) is 0 Å². The van der Waals surface area contributed by atoms with Gasteiger partial charge in [-0.2, -0.15) is 13.2 Å². The van der Waals surface area contributed by atoms with Crippen molar-refractivity contribution in [1.29, 1.82) is 0 Å². The summed E-state index contributed by atoms with van der Waals surface area (Å²) in [6.45, 7) is 2.60. The fraction of sp³-hybridized carbons (Fsp3) is 0.588. The van der Waals surface area contributed by atoms with E-state index in [4.69, 9.17) is 4.74 Å². The van der Waals surface area contributed by atoms with Gasteiger partial charge in [-0.25, -0.2) is 0 Å². The quantitative estimate of drug-likeness (QED) is 0.899. The van der Waals surface area contributed by atoms with Gasteiger partial charge < -0.3 is 19.9 Å². The van der Waals surface area contributed by atoms with Crippen molar-refractivity contribution in [2.75, 3.05) is 44.2 Å². The number of hydrogen-bond donors (Lipinski definition) is 1. The highest BCUT2D eigenvalue weighted by Gasteiger charge is 2.43. The van der Waals surface area contributed by atoms with Gasteiger partial charge in [-0.15, -0.1) is 0 Å². The van der Waals surface area contributed by atoms with Crippen LogP contribution in [0.2, 0.25) is 0 Å². The van der Waals surface area contributed by atoms with Crippen LogP contribution < -0.4 is 15.0 Å². The molecule has 0 unspecified atom stereocenters. The summed E-state index contributed by atoms with van der Waals surface area (Å²) in [5, 5.41) is 3.30. The Kier molecular flexibility index (Phi) is 5.36. The van der Waals surface area contributed by atoms with Crippen LogP contribution in [0.5, 0.6) is 5.75 Å². The molecule has 2 saturated heterocycles. The molecular formula is C17H22F3N3O2. The predicted octanol–water partition coefficient (Wildman–Crippen LogP) is 2.03. The Bertz CT molecular complexity index is 595. The van der Waals surface area contributed by atoms with E-state index in [2.05, 4.69) is 5.32 Å². The Morgan fingerprint density at radius 1 is 1.16 bits per heavy atom. The average molecular weight is 357 g/mol. The fourth-order valence-corrected chi connectivity index (χ4v) is 3.25. The summed E-state index contributed by atoms with van der Waals surface area (Å²) in [5.74, 6) is -1.02. The number of alkyl halides is 3. The van der Waals surface area contributed by atoms with Crippen molar-refractivity contribution in [3.63, 3.8) is 0 Å². The molecule has 1 amide bonds. The number of halogens is 3. The molecule has 1 aromatic carbocycles. The normalized spacial score (nSPS) is 22.0. The van der Waals surface area contributed by atoms with E-state index in [-0.39, 0.29) is 19.2 Å². The first-order chi connectivity index (χ1) is 11.9. The minimum absolute atomic E-state index is 0.0532. The van der Waals surface area contributed by atoms with Crippen LogP contribution in [-0.2, 0) is 4.79 Å². The number of ether oxygens (including phenoxy) is 1. The highest BCUT2D eigenvalue weighted by Crippen LogP contribution is 2.31. The summed E-state index contributed by atoms with van der Waals surface area (Å²) in [7, 11) is 0. The van der Waals surface area contributed by atoms with Crippen LogP contribution in [0.15, 0.2) is 24.3 Å². The lowest BCUT2D eigenvalue weighted by molar-refractivity contribution is -0.185. The number of rotatable bonds is 3. The second-order valence-electron chi connectivity index (χ2n) is 6.33. The Morgan fingerprint density at radius 3 is 2.52 bits per heavy atom. The molecule has 0 aromatic heterocycles. The minimum atomic E-state index is -4.81. The fourth-order valence-electron chi connectivity index (χ4n) is 3.25. The number of anilines is 1. The lowest BCUT2D eigenvalue weighted by atomic mass is 10.1. The van der Waals surface area contributed by atoms with Crippen molar-refractivity contribution in [3.8, 4) is 5.75 Å². The molecule has 5 nitrogen and oxygen atoms in total. The molecule has 138 valence electrons. The first-order valence-electron chi connectivity index (χ1n) is 8.52. The van der Waals surface area contributed by atoms with Gasteiger partial charge in [0.05, 0.1) is 5.69 Å². The minimum Gasteiger partial charge on any atom is -0.487 e. The van der Waals surface area contributed by atoms with Crippen LogP contribution in [0.25, 0.3) is 0 Å². The molecule has 1 N–H and O–H groups in total. The van der Waals surface area contributed by atoms with Gasteiger partial charge in [0.1, 0.15) is 11.9 Å². The molecule has 0 radical (unpaired) electrons. The van der Waals surface area contributed by atoms with Gasteiger partial charge in [-0.1, -0.05) is 12.1 Å². The van der Waals surface area contributed by atoms with Crippen molar-refractivity contribution in [2.45, 2.75) is 25.1 Å². The first kappa shape index (κ1) is 17.8. The molecule has 2 aliphatic heterocycles. The molecule has 2 fully saturated rings. The van der Waals surface area contributed by atoms with Gasteiger partial charge in [0.15, 0.2) is 0 Å². The first-order valence-corrected chi connectivity index (χ1v) is 8.52. The second-order valence-corrected chi connectivity index (χ2v) is 6.33. The summed E-state index contributed by atoms with van der Waals surface area (Å²) >= 11 is 0. The van der Waals surface area contributed by atoms with Gasteiger partial charge >= 0.3 is 12.1 Å². The van der Waals surface area contributed by atoms with E-state index in [1.165, 1.54) is 0 Å². The third kappa shape index (κ3) is 4.36. The SMILES string of the molecule is O=C(N1CCN(c2ccccc2O[C@H]2CCCNC2)CC1)C(F)(F)F. The molecule has 0 bridgehead atoms. The van der Waals surface area contributed by atoms with Crippen molar-refractivity contribution in [3.05, 3.63) is 24.3 Å². The maximum Gasteiger partial charge on any atom is 0.471 e. The predicted molar refractivity (Wildman–Crippen MR) is 87.8 cm³/mol. The van der Waals surface area contributed by atoms with E-state index in [9.17, 15) is 18.0 Å². The number of nitrogens with zero attached hydrogens (tertiary/aromatic N) is 2. The number of piperidine rings is 1. The van der Waals surface area contributed by atoms with Crippen LogP contribution in [0.1, 0.15) is 12.8 Å². The van der Waals surface area contributed by atoms with E-state index in [1.807, 2.05) is 29.2 Å². The highest BCUT2D eigenvalue weighted by molar-refractivity contribution is 5.82. The standard InChI is InChI=1S/C17H22F3N3O2/c18-17(19,20)16(24)23-10-8-22(9-11-23)14-5-1-2-6-15(14)25-13-4-3-7-21-12-13/h1-2,5-6,13,21H,3-4,7-12H2/t13-/m0/s1. The summed E-state index contributed by atoms with van der Waals surface area (Å²) in [4.78, 5) is 14.2. The van der Waals surface area contributed by atoms with Crippen molar-refractivity contribution < 1.29 is 22.7 Å². The van der Waals surface area contributed by atoms with Crippen LogP contribution in [-0.4, -0.2) is 62.4 Å². The maximum atomic E-state index is 12.5. The van der Waals surface area contributed by atoms with Crippen molar-refractivity contribution in [2.24, 2.45) is 0 Å². The summed E-state index contributed by atoms with van der Waals surface area (Å²) < 4.78 is 43.7. The molecule has 1 atom stereocenters. The van der Waals surface area contributed by atoms with Crippen LogP contribution in [0.4, 0.5) is 18.9 Å². The zero-order valence-electron chi connectivity index (χ0n) is 13.9. The zero-order chi connectivity index (χ0) is 17.9. The van der Waals surface area contributed by atoms with Gasteiger partial charge in [0.2, 0.25) is 0 Å². The number of benzene rings is 1. The second kappa shape index (κ2) is 7.51. The van der Waals surface area contributed by atoms with E-state index in [1.54, 1.807) is 0 Å². The Balaban J connectivity index is 1.64. The molecule has 0 saturated carbocycles. The largest absolute Gasteiger partial charge is 0.487 e. The molecule has 0 aliphatic carbocycles. The smallest absolute Gasteiger partial charge is 0.471 e. The van der Waals surface area contributed by atoms with E-state index in [0.29, 0.717) is 13.1 Å². The monoisotopic (exact) mass is 357 g/mol. The third-order valence-corrected chi connectivity index (χ3v) is 4.56. The summed E-state index contributed by atoms with van der Waals surface area (Å²) in [6.07, 6.45) is -2.67. The number of nitrogens with one attached hydrogen (secondary N) is 1. The summed E-state index contributed by atoms with van der Waals surface area (Å²) in [6, 6.07) is 7.57. The molecule has 2 heterocycles. The van der Waals surface area contributed by atoms with E-state index >= 15 is 0 Å². The van der Waals surface area contributed by atoms with Gasteiger partial charge in [-0.05, 0) is 31.5 Å². The zero-order valence-corrected chi connectivity index (χ0v) is 13.9. The molecule has 1 aromatic rings. The Morgan fingerprint density at radius 2 is 1.88 bits per heavy atom. The molecule has 0 spiro atoms. The number of amides is 1. The number of piperazine rings is 1. The van der Waals surface area contributed by atoms with Crippen LogP contribution in [0, 0.1) is 0 Å². The summed E-state index contributed by atoms with van der Waals surface area (Å²) in [5.41, 5.74) is 0.868. The maximum absolute atomic E-state index is 12.5. The topological polar surface area (TPSA) is 44.8 Å². The number of carbonyl (C=O) groups is 1. The van der Waals surface area contributed by atoms with Gasteiger partial charge in [0.25, 0.3) is 0 Å². The molecule has 3 rings (SSSR count). The lowest BCUT2D eigenvalue weighted by Crippen LogP contribution is -2.52. The number of carbonyl (C=O) groups excluding carboxylic acids is 1. The molecular weight excluding hydrogens is 335 g/mol. The third-order valence-electron chi connectivity index (χ3n) is 4.56. The number of hydrogen-bond acceptors (Lipinski definition) is 4. The molecule has 25 heavy (non-hydrogen) atoms.